The number of rotatable bonds is 3. The molecule has 1 aliphatic carbocycles. The predicted octanol–water partition coefficient (Wildman–Crippen LogP) is 5.09. The summed E-state index contributed by atoms with van der Waals surface area (Å²) in [5.41, 5.74) is 1.97. The van der Waals surface area contributed by atoms with Crippen LogP contribution in [0.4, 0.5) is 14.5 Å². The van der Waals surface area contributed by atoms with E-state index in [1.807, 2.05) is 12.1 Å². The highest BCUT2D eigenvalue weighted by molar-refractivity contribution is 9.10. The van der Waals surface area contributed by atoms with Crippen molar-refractivity contribution >= 4 is 21.6 Å². The first-order valence-corrected chi connectivity index (χ1v) is 7.38. The average molecular weight is 338 g/mol. The fourth-order valence-electron chi connectivity index (χ4n) is 2.56. The molecule has 104 valence electrons. The summed E-state index contributed by atoms with van der Waals surface area (Å²) in [4.78, 5) is 0. The Balaban J connectivity index is 1.58. The second kappa shape index (κ2) is 5.52. The first-order valence-electron chi connectivity index (χ1n) is 6.59. The van der Waals surface area contributed by atoms with Gasteiger partial charge in [-0.2, -0.15) is 0 Å². The van der Waals surface area contributed by atoms with E-state index in [0.29, 0.717) is 17.6 Å². The average Bonchev–Trinajstić information content (AvgIpc) is 2.39. The van der Waals surface area contributed by atoms with Crippen LogP contribution < -0.4 is 5.32 Å². The minimum atomic E-state index is -0.808. The molecule has 1 nitrogen and oxygen atoms in total. The zero-order valence-electron chi connectivity index (χ0n) is 10.7. The maximum Gasteiger partial charge on any atom is 0.160 e. The fourth-order valence-corrected chi connectivity index (χ4v) is 2.83. The lowest BCUT2D eigenvalue weighted by Crippen LogP contribution is -2.34. The Morgan fingerprint density at radius 1 is 0.950 bits per heavy atom. The van der Waals surface area contributed by atoms with Gasteiger partial charge in [0.05, 0.1) is 0 Å². The molecule has 0 aromatic heterocycles. The van der Waals surface area contributed by atoms with Crippen molar-refractivity contribution < 1.29 is 8.78 Å². The summed E-state index contributed by atoms with van der Waals surface area (Å²) in [5.74, 6) is -1.07. The van der Waals surface area contributed by atoms with Gasteiger partial charge in [-0.25, -0.2) is 8.78 Å². The highest BCUT2D eigenvalue weighted by Gasteiger charge is 2.30. The number of nitrogens with one attached hydrogen (secondary N) is 1. The van der Waals surface area contributed by atoms with E-state index in [1.54, 1.807) is 6.07 Å². The molecule has 0 unspecified atom stereocenters. The molecule has 20 heavy (non-hydrogen) atoms. The molecule has 0 atom stereocenters. The predicted molar refractivity (Wildman–Crippen MR) is 79.9 cm³/mol. The first kappa shape index (κ1) is 13.6. The van der Waals surface area contributed by atoms with Gasteiger partial charge in [0.2, 0.25) is 0 Å². The number of hydrogen-bond donors (Lipinski definition) is 1. The lowest BCUT2D eigenvalue weighted by molar-refractivity contribution is 0.374. The van der Waals surface area contributed by atoms with Crippen LogP contribution in [0.25, 0.3) is 0 Å². The maximum absolute atomic E-state index is 13.1. The summed E-state index contributed by atoms with van der Waals surface area (Å²) in [5, 5.41) is 3.24. The Labute approximate surface area is 125 Å². The van der Waals surface area contributed by atoms with E-state index in [4.69, 9.17) is 0 Å². The van der Waals surface area contributed by atoms with Gasteiger partial charge in [0, 0.05) is 22.3 Å². The van der Waals surface area contributed by atoms with Crippen LogP contribution in [-0.2, 0) is 0 Å². The van der Waals surface area contributed by atoms with E-state index in [0.717, 1.165) is 23.4 Å². The van der Waals surface area contributed by atoms with Gasteiger partial charge in [-0.05, 0) is 48.6 Å². The number of halogens is 3. The third-order valence-corrected chi connectivity index (χ3v) is 4.30. The van der Waals surface area contributed by atoms with Crippen molar-refractivity contribution in [3.05, 3.63) is 64.1 Å². The topological polar surface area (TPSA) is 12.0 Å². The van der Waals surface area contributed by atoms with Crippen molar-refractivity contribution in [2.24, 2.45) is 0 Å². The molecule has 0 radical (unpaired) electrons. The minimum absolute atomic E-state index is 0.327. The van der Waals surface area contributed by atoms with Crippen molar-refractivity contribution in [1.82, 2.24) is 0 Å². The molecule has 1 N–H and O–H groups in total. The van der Waals surface area contributed by atoms with E-state index in [-0.39, 0.29) is 0 Å². The minimum Gasteiger partial charge on any atom is -0.382 e. The number of benzene rings is 2. The SMILES string of the molecule is Fc1ccc(NC2CC(c3ccc(Br)cc3)C2)cc1F. The Kier molecular flexibility index (Phi) is 3.74. The molecule has 0 bridgehead atoms. The molecule has 2 aromatic carbocycles. The summed E-state index contributed by atoms with van der Waals surface area (Å²) in [6.07, 6.45) is 2.03. The number of anilines is 1. The van der Waals surface area contributed by atoms with Gasteiger partial charge in [0.25, 0.3) is 0 Å². The maximum atomic E-state index is 13.1. The summed E-state index contributed by atoms with van der Waals surface area (Å²) in [6, 6.07) is 12.6. The van der Waals surface area contributed by atoms with Gasteiger partial charge < -0.3 is 5.32 Å². The van der Waals surface area contributed by atoms with Gasteiger partial charge in [-0.3, -0.25) is 0 Å². The van der Waals surface area contributed by atoms with Crippen molar-refractivity contribution in [3.8, 4) is 0 Å². The molecule has 2 aromatic rings. The Bertz CT molecular complexity index is 606. The van der Waals surface area contributed by atoms with Gasteiger partial charge in [0.15, 0.2) is 11.6 Å². The van der Waals surface area contributed by atoms with Crippen molar-refractivity contribution in [1.29, 1.82) is 0 Å². The third-order valence-electron chi connectivity index (χ3n) is 3.77. The molecule has 0 aliphatic heterocycles. The van der Waals surface area contributed by atoms with Crippen LogP contribution in [0.15, 0.2) is 46.9 Å². The molecule has 0 saturated heterocycles. The summed E-state index contributed by atoms with van der Waals surface area (Å²) < 4.78 is 27.0. The molecule has 0 amide bonds. The van der Waals surface area contributed by atoms with Crippen LogP contribution in [0.5, 0.6) is 0 Å². The van der Waals surface area contributed by atoms with Crippen LogP contribution in [0.3, 0.4) is 0 Å². The van der Waals surface area contributed by atoms with Crippen LogP contribution in [0, 0.1) is 11.6 Å². The van der Waals surface area contributed by atoms with Gasteiger partial charge in [-0.1, -0.05) is 28.1 Å². The Hall–Kier alpha value is -1.42. The molecular formula is C16H14BrF2N. The molecule has 3 rings (SSSR count). The third kappa shape index (κ3) is 2.85. The van der Waals surface area contributed by atoms with E-state index >= 15 is 0 Å². The molecule has 1 aliphatic rings. The lowest BCUT2D eigenvalue weighted by Gasteiger charge is -2.37. The molecule has 1 fully saturated rings. The largest absolute Gasteiger partial charge is 0.382 e. The summed E-state index contributed by atoms with van der Waals surface area (Å²) >= 11 is 3.42. The molecule has 0 heterocycles. The van der Waals surface area contributed by atoms with Gasteiger partial charge in [0.1, 0.15) is 0 Å². The molecule has 0 spiro atoms. The van der Waals surface area contributed by atoms with E-state index < -0.39 is 11.6 Å². The van der Waals surface area contributed by atoms with Gasteiger partial charge in [-0.15, -0.1) is 0 Å². The zero-order valence-corrected chi connectivity index (χ0v) is 12.3. The normalized spacial score (nSPS) is 21.4. The molecule has 4 heteroatoms. The quantitative estimate of drug-likeness (QED) is 0.822. The van der Waals surface area contributed by atoms with E-state index in [1.165, 1.54) is 11.6 Å². The lowest BCUT2D eigenvalue weighted by atomic mass is 9.76. The number of hydrogen-bond acceptors (Lipinski definition) is 1. The van der Waals surface area contributed by atoms with Crippen LogP contribution in [0.2, 0.25) is 0 Å². The Morgan fingerprint density at radius 2 is 1.65 bits per heavy atom. The van der Waals surface area contributed by atoms with Crippen molar-refractivity contribution in [2.45, 2.75) is 24.8 Å². The van der Waals surface area contributed by atoms with Gasteiger partial charge >= 0.3 is 0 Å². The smallest absolute Gasteiger partial charge is 0.160 e. The second-order valence-electron chi connectivity index (χ2n) is 5.19. The van der Waals surface area contributed by atoms with Crippen molar-refractivity contribution in [3.63, 3.8) is 0 Å². The standard InChI is InChI=1S/C16H14BrF2N/c17-12-3-1-10(2-4-12)11-7-14(8-11)20-13-5-6-15(18)16(19)9-13/h1-6,9,11,14,20H,7-8H2. The van der Waals surface area contributed by atoms with E-state index in [9.17, 15) is 8.78 Å². The second-order valence-corrected chi connectivity index (χ2v) is 6.11. The summed E-state index contributed by atoms with van der Waals surface area (Å²) in [6.45, 7) is 0. The fraction of sp³-hybridized carbons (Fsp3) is 0.250. The highest BCUT2D eigenvalue weighted by Crippen LogP contribution is 2.38. The molecule has 1 saturated carbocycles. The Morgan fingerprint density at radius 3 is 2.30 bits per heavy atom. The monoisotopic (exact) mass is 337 g/mol. The van der Waals surface area contributed by atoms with Crippen LogP contribution >= 0.6 is 15.9 Å². The summed E-state index contributed by atoms with van der Waals surface area (Å²) in [7, 11) is 0. The zero-order chi connectivity index (χ0) is 14.1. The highest BCUT2D eigenvalue weighted by atomic mass is 79.9. The van der Waals surface area contributed by atoms with Crippen LogP contribution in [-0.4, -0.2) is 6.04 Å². The molecular weight excluding hydrogens is 324 g/mol. The first-order chi connectivity index (χ1) is 9.61. The van der Waals surface area contributed by atoms with Crippen molar-refractivity contribution in [2.75, 3.05) is 5.32 Å². The van der Waals surface area contributed by atoms with E-state index in [2.05, 4.69) is 33.4 Å². The van der Waals surface area contributed by atoms with Crippen LogP contribution in [0.1, 0.15) is 24.3 Å².